The van der Waals surface area contributed by atoms with Crippen LogP contribution in [0, 0.1) is 0 Å². The Labute approximate surface area is 68.9 Å². The van der Waals surface area contributed by atoms with Crippen LogP contribution in [0.4, 0.5) is 13.2 Å². The van der Waals surface area contributed by atoms with E-state index in [2.05, 4.69) is 4.90 Å². The van der Waals surface area contributed by atoms with Gasteiger partial charge in [-0.2, -0.15) is 13.2 Å². The molecule has 2 fully saturated rings. The maximum absolute atomic E-state index is 11.9. The molecule has 2 rings (SSSR count). The first-order valence-electron chi connectivity index (χ1n) is 3.98. The first kappa shape index (κ1) is 8.31. The molecular weight excluding hydrogens is 169 g/mol. The molecule has 12 heavy (non-hydrogen) atoms. The molecule has 0 saturated carbocycles. The number of hydrogen-bond acceptors (Lipinski definition) is 2. The van der Waals surface area contributed by atoms with Crippen molar-refractivity contribution in [2.24, 2.45) is 0 Å². The Balaban J connectivity index is 1.80. The Hall–Kier alpha value is -0.290. The summed E-state index contributed by atoms with van der Waals surface area (Å²) in [5.41, 5.74) is 0. The highest BCUT2D eigenvalue weighted by Crippen LogP contribution is 2.34. The summed E-state index contributed by atoms with van der Waals surface area (Å²) < 4.78 is 35.7. The molecule has 0 radical (unpaired) electrons. The van der Waals surface area contributed by atoms with E-state index < -0.39 is 12.7 Å². The van der Waals surface area contributed by atoms with E-state index in [4.69, 9.17) is 0 Å². The molecule has 0 aromatic heterocycles. The Morgan fingerprint density at radius 3 is 2.25 bits per heavy atom. The lowest BCUT2D eigenvalue weighted by Crippen LogP contribution is -2.78. The molecule has 0 spiro atoms. The van der Waals surface area contributed by atoms with Crippen molar-refractivity contribution >= 4 is 0 Å². The number of rotatable bonds is 1. The summed E-state index contributed by atoms with van der Waals surface area (Å²) in [6.45, 7) is 0.642. The van der Waals surface area contributed by atoms with Crippen molar-refractivity contribution in [3.8, 4) is 0 Å². The van der Waals surface area contributed by atoms with Crippen molar-refractivity contribution in [3.05, 3.63) is 0 Å². The van der Waals surface area contributed by atoms with Gasteiger partial charge in [-0.25, -0.2) is 0 Å². The zero-order valence-corrected chi connectivity index (χ0v) is 6.80. The number of hydrogen-bond donors (Lipinski definition) is 0. The minimum atomic E-state index is -4.03. The van der Waals surface area contributed by atoms with Crippen LogP contribution >= 0.6 is 0 Å². The van der Waals surface area contributed by atoms with E-state index in [1.807, 2.05) is 7.05 Å². The maximum Gasteiger partial charge on any atom is 0.401 e. The fraction of sp³-hybridized carbons (Fsp3) is 1.00. The van der Waals surface area contributed by atoms with Crippen molar-refractivity contribution in [2.45, 2.75) is 18.3 Å². The van der Waals surface area contributed by atoms with Crippen molar-refractivity contribution in [3.63, 3.8) is 0 Å². The summed E-state index contributed by atoms with van der Waals surface area (Å²) in [7, 11) is 1.95. The standard InChI is InChI=1S/C7H11F3N2/c1-11-2-6-5(11)3-12(6)4-7(8,9)10/h5-6H,2-4H2,1H3/t5-,6?/m1/s1. The van der Waals surface area contributed by atoms with Crippen LogP contribution in [-0.4, -0.2) is 54.7 Å². The molecule has 0 aromatic rings. The topological polar surface area (TPSA) is 6.48 Å². The van der Waals surface area contributed by atoms with Gasteiger partial charge >= 0.3 is 6.18 Å². The zero-order valence-electron chi connectivity index (χ0n) is 6.80. The minimum absolute atomic E-state index is 0.177. The van der Waals surface area contributed by atoms with Crippen LogP contribution in [0.3, 0.4) is 0 Å². The summed E-state index contributed by atoms with van der Waals surface area (Å²) in [6, 6.07) is 0.573. The molecule has 2 heterocycles. The van der Waals surface area contributed by atoms with E-state index in [0.717, 1.165) is 6.54 Å². The molecule has 0 bridgehead atoms. The monoisotopic (exact) mass is 180 g/mol. The Morgan fingerprint density at radius 1 is 1.25 bits per heavy atom. The second-order valence-corrected chi connectivity index (χ2v) is 3.62. The van der Waals surface area contributed by atoms with Crippen LogP contribution in [0.25, 0.3) is 0 Å². The zero-order chi connectivity index (χ0) is 8.93. The molecule has 0 amide bonds. The number of likely N-dealkylation sites (N-methyl/N-ethyl adjacent to an activating group) is 1. The Bertz CT molecular complexity index is 192. The van der Waals surface area contributed by atoms with Gasteiger partial charge in [-0.3, -0.25) is 9.80 Å². The molecule has 2 aliphatic rings. The summed E-state index contributed by atoms with van der Waals surface area (Å²) in [5, 5.41) is 0. The smallest absolute Gasteiger partial charge is 0.299 e. The van der Waals surface area contributed by atoms with Crippen molar-refractivity contribution in [1.29, 1.82) is 0 Å². The second kappa shape index (κ2) is 2.35. The minimum Gasteiger partial charge on any atom is -0.299 e. The predicted octanol–water partition coefficient (Wildman–Crippen LogP) is 0.547. The number of alkyl halides is 3. The first-order valence-corrected chi connectivity index (χ1v) is 3.98. The molecule has 5 heteroatoms. The molecule has 2 atom stereocenters. The summed E-state index contributed by atoms with van der Waals surface area (Å²) in [6.07, 6.45) is -4.03. The van der Waals surface area contributed by atoms with Crippen LogP contribution < -0.4 is 0 Å². The third-order valence-corrected chi connectivity index (χ3v) is 2.76. The summed E-state index contributed by atoms with van der Waals surface area (Å²) in [4.78, 5) is 3.60. The highest BCUT2D eigenvalue weighted by Gasteiger charge is 2.52. The lowest BCUT2D eigenvalue weighted by atomic mass is 9.86. The Morgan fingerprint density at radius 2 is 1.92 bits per heavy atom. The summed E-state index contributed by atoms with van der Waals surface area (Å²) in [5.74, 6) is 0. The van der Waals surface area contributed by atoms with Gasteiger partial charge in [-0.15, -0.1) is 0 Å². The lowest BCUT2D eigenvalue weighted by Gasteiger charge is -2.61. The lowest BCUT2D eigenvalue weighted by molar-refractivity contribution is -0.196. The maximum atomic E-state index is 11.9. The van der Waals surface area contributed by atoms with Crippen molar-refractivity contribution in [1.82, 2.24) is 9.80 Å². The van der Waals surface area contributed by atoms with Crippen molar-refractivity contribution < 1.29 is 13.2 Å². The van der Waals surface area contributed by atoms with Gasteiger partial charge < -0.3 is 0 Å². The van der Waals surface area contributed by atoms with E-state index in [9.17, 15) is 13.2 Å². The van der Waals surface area contributed by atoms with Crippen LogP contribution in [0.1, 0.15) is 0 Å². The largest absolute Gasteiger partial charge is 0.401 e. The molecule has 1 unspecified atom stereocenters. The third kappa shape index (κ3) is 1.21. The second-order valence-electron chi connectivity index (χ2n) is 3.62. The highest BCUT2D eigenvalue weighted by molar-refractivity contribution is 5.07. The van der Waals surface area contributed by atoms with Crippen molar-refractivity contribution in [2.75, 3.05) is 26.7 Å². The average Bonchev–Trinajstić information content (AvgIpc) is 1.90. The van der Waals surface area contributed by atoms with Crippen LogP contribution in [0.5, 0.6) is 0 Å². The van der Waals surface area contributed by atoms with E-state index in [-0.39, 0.29) is 6.04 Å². The van der Waals surface area contributed by atoms with Gasteiger partial charge in [-0.05, 0) is 7.05 Å². The predicted molar refractivity (Wildman–Crippen MR) is 37.8 cm³/mol. The normalized spacial score (nSPS) is 37.0. The van der Waals surface area contributed by atoms with Gasteiger partial charge in [0.2, 0.25) is 0 Å². The molecule has 70 valence electrons. The molecular formula is C7H11F3N2. The highest BCUT2D eigenvalue weighted by atomic mass is 19.4. The molecule has 0 aliphatic carbocycles. The summed E-state index contributed by atoms with van der Waals surface area (Å²) >= 11 is 0. The van der Waals surface area contributed by atoms with Gasteiger partial charge in [0.05, 0.1) is 6.54 Å². The SMILES string of the molecule is CN1CC2[C@H]1CN2CC(F)(F)F. The molecule has 0 N–H and O–H groups in total. The number of piperazine rings is 1. The molecule has 2 nitrogen and oxygen atoms in total. The fourth-order valence-electron chi connectivity index (χ4n) is 1.98. The number of fused-ring (bicyclic) bond motifs is 1. The van der Waals surface area contributed by atoms with Crippen LogP contribution in [-0.2, 0) is 0 Å². The quantitative estimate of drug-likeness (QED) is 0.581. The average molecular weight is 180 g/mol. The Kier molecular flexibility index (Phi) is 1.63. The first-order chi connectivity index (χ1) is 5.47. The van der Waals surface area contributed by atoms with Gasteiger partial charge in [0, 0.05) is 25.2 Å². The molecule has 0 aromatic carbocycles. The van der Waals surface area contributed by atoms with Gasteiger partial charge in [0.1, 0.15) is 0 Å². The van der Waals surface area contributed by atoms with Crippen LogP contribution in [0.15, 0.2) is 0 Å². The van der Waals surface area contributed by atoms with Gasteiger partial charge in [-0.1, -0.05) is 0 Å². The fourth-order valence-corrected chi connectivity index (χ4v) is 1.98. The number of likely N-dealkylation sites (tertiary alicyclic amines) is 2. The van der Waals surface area contributed by atoms with E-state index in [0.29, 0.717) is 12.6 Å². The molecule has 2 aliphatic heterocycles. The van der Waals surface area contributed by atoms with Gasteiger partial charge in [0.15, 0.2) is 0 Å². The number of nitrogens with zero attached hydrogens (tertiary/aromatic N) is 2. The third-order valence-electron chi connectivity index (χ3n) is 2.76. The van der Waals surface area contributed by atoms with E-state index in [1.165, 1.54) is 4.90 Å². The number of halogens is 3. The molecule has 2 saturated heterocycles. The van der Waals surface area contributed by atoms with E-state index in [1.54, 1.807) is 0 Å². The van der Waals surface area contributed by atoms with Crippen LogP contribution in [0.2, 0.25) is 0 Å². The van der Waals surface area contributed by atoms with Gasteiger partial charge in [0.25, 0.3) is 0 Å². The van der Waals surface area contributed by atoms with E-state index >= 15 is 0 Å².